The predicted octanol–water partition coefficient (Wildman–Crippen LogP) is 2.23. The zero-order valence-corrected chi connectivity index (χ0v) is 11.7. The molecule has 5 nitrogen and oxygen atoms in total. The van der Waals surface area contributed by atoms with Crippen molar-refractivity contribution >= 4 is 11.6 Å². The zero-order chi connectivity index (χ0) is 13.5. The third-order valence-corrected chi connectivity index (χ3v) is 3.66. The number of nitrogens with one attached hydrogen (secondary N) is 2. The molecule has 0 amide bonds. The van der Waals surface area contributed by atoms with Crippen LogP contribution in [0.3, 0.4) is 0 Å². The van der Waals surface area contributed by atoms with E-state index in [-0.39, 0.29) is 0 Å². The Morgan fingerprint density at radius 2 is 2.00 bits per heavy atom. The Bertz CT molecular complexity index is 376. The van der Waals surface area contributed by atoms with E-state index in [0.29, 0.717) is 18.5 Å². The molecule has 0 aliphatic heterocycles. The van der Waals surface area contributed by atoms with Gasteiger partial charge < -0.3 is 16.4 Å². The van der Waals surface area contributed by atoms with Crippen LogP contribution in [0.25, 0.3) is 0 Å². The molecule has 0 bridgehead atoms. The summed E-state index contributed by atoms with van der Waals surface area (Å²) in [5.74, 6) is 2.24. The fourth-order valence-corrected chi connectivity index (χ4v) is 2.35. The molecule has 4 N–H and O–H groups in total. The molecule has 2 rings (SSSR count). The molecule has 1 atom stereocenters. The second-order valence-corrected chi connectivity index (χ2v) is 5.49. The van der Waals surface area contributed by atoms with E-state index in [0.717, 1.165) is 18.2 Å². The van der Waals surface area contributed by atoms with E-state index in [1.165, 1.54) is 32.1 Å². The number of nitrogens with two attached hydrogens (primary N) is 1. The maximum Gasteiger partial charge on any atom is 0.131 e. The second-order valence-electron chi connectivity index (χ2n) is 5.49. The van der Waals surface area contributed by atoms with Crippen molar-refractivity contribution in [2.24, 2.45) is 11.7 Å². The molecule has 1 aliphatic rings. The van der Waals surface area contributed by atoms with Gasteiger partial charge in [-0.05, 0) is 25.3 Å². The van der Waals surface area contributed by atoms with Gasteiger partial charge >= 0.3 is 0 Å². The predicted molar refractivity (Wildman–Crippen MR) is 79.2 cm³/mol. The molecule has 1 fully saturated rings. The number of anilines is 2. The second kappa shape index (κ2) is 7.28. The summed E-state index contributed by atoms with van der Waals surface area (Å²) in [5, 5.41) is 6.81. The normalized spacial score (nSPS) is 18.0. The molecule has 0 radical (unpaired) electrons. The summed E-state index contributed by atoms with van der Waals surface area (Å²) in [6.07, 6.45) is 8.12. The first-order chi connectivity index (χ1) is 9.28. The monoisotopic (exact) mass is 263 g/mol. The van der Waals surface area contributed by atoms with Gasteiger partial charge in [0.15, 0.2) is 0 Å². The lowest BCUT2D eigenvalue weighted by Crippen LogP contribution is -2.23. The van der Waals surface area contributed by atoms with Crippen LogP contribution < -0.4 is 16.4 Å². The van der Waals surface area contributed by atoms with E-state index in [9.17, 15) is 0 Å². The van der Waals surface area contributed by atoms with Crippen molar-refractivity contribution in [3.05, 3.63) is 12.4 Å². The highest BCUT2D eigenvalue weighted by molar-refractivity contribution is 5.46. The Kier molecular flexibility index (Phi) is 5.39. The molecular weight excluding hydrogens is 238 g/mol. The smallest absolute Gasteiger partial charge is 0.131 e. The van der Waals surface area contributed by atoms with Crippen LogP contribution >= 0.6 is 0 Å². The Morgan fingerprint density at radius 3 is 2.74 bits per heavy atom. The van der Waals surface area contributed by atoms with E-state index in [2.05, 4.69) is 27.5 Å². The molecule has 1 unspecified atom stereocenters. The summed E-state index contributed by atoms with van der Waals surface area (Å²) < 4.78 is 0. The maximum atomic E-state index is 5.60. The van der Waals surface area contributed by atoms with E-state index in [4.69, 9.17) is 5.73 Å². The molecule has 1 aromatic rings. The van der Waals surface area contributed by atoms with Crippen LogP contribution in [0.5, 0.6) is 0 Å². The van der Waals surface area contributed by atoms with E-state index in [1.54, 1.807) is 6.33 Å². The summed E-state index contributed by atoms with van der Waals surface area (Å²) in [7, 11) is 0. The van der Waals surface area contributed by atoms with Gasteiger partial charge in [0.25, 0.3) is 0 Å². The van der Waals surface area contributed by atoms with Crippen molar-refractivity contribution in [3.8, 4) is 0 Å². The molecule has 1 saturated carbocycles. The molecule has 1 aromatic heterocycles. The van der Waals surface area contributed by atoms with Crippen LogP contribution in [0.4, 0.5) is 11.6 Å². The number of hydrogen-bond acceptors (Lipinski definition) is 5. The molecule has 5 heteroatoms. The summed E-state index contributed by atoms with van der Waals surface area (Å²) in [4.78, 5) is 8.53. The summed E-state index contributed by atoms with van der Waals surface area (Å²) in [6, 6.07) is 2.55. The minimum atomic E-state index is 0.449. The molecule has 1 aliphatic carbocycles. The molecule has 0 spiro atoms. The average molecular weight is 263 g/mol. The van der Waals surface area contributed by atoms with Crippen LogP contribution in [0, 0.1) is 5.92 Å². The third kappa shape index (κ3) is 4.67. The largest absolute Gasteiger partial charge is 0.370 e. The first-order valence-corrected chi connectivity index (χ1v) is 7.30. The van der Waals surface area contributed by atoms with Gasteiger partial charge in [0.05, 0.1) is 0 Å². The summed E-state index contributed by atoms with van der Waals surface area (Å²) in [5.41, 5.74) is 5.60. The highest BCUT2D eigenvalue weighted by Gasteiger charge is 2.13. The van der Waals surface area contributed by atoms with Crippen molar-refractivity contribution in [3.63, 3.8) is 0 Å². The van der Waals surface area contributed by atoms with Crippen LogP contribution in [0.1, 0.15) is 39.0 Å². The van der Waals surface area contributed by atoms with Crippen molar-refractivity contribution in [1.29, 1.82) is 0 Å². The van der Waals surface area contributed by atoms with Gasteiger partial charge in [-0.3, -0.25) is 0 Å². The van der Waals surface area contributed by atoms with Crippen LogP contribution in [0.2, 0.25) is 0 Å². The van der Waals surface area contributed by atoms with Gasteiger partial charge in [-0.1, -0.05) is 26.2 Å². The quantitative estimate of drug-likeness (QED) is 0.734. The zero-order valence-electron chi connectivity index (χ0n) is 11.7. The lowest BCUT2D eigenvalue weighted by molar-refractivity contribution is 0.462. The number of rotatable bonds is 6. The summed E-state index contributed by atoms with van der Waals surface area (Å²) >= 11 is 0. The highest BCUT2D eigenvalue weighted by atomic mass is 15.1. The van der Waals surface area contributed by atoms with Gasteiger partial charge in [0.1, 0.15) is 18.0 Å². The van der Waals surface area contributed by atoms with Crippen LogP contribution in [0.15, 0.2) is 12.4 Å². The number of nitrogens with zero attached hydrogens (tertiary/aromatic N) is 2. The first-order valence-electron chi connectivity index (χ1n) is 7.30. The topological polar surface area (TPSA) is 75.9 Å². The SMILES string of the molecule is CC(CN)CNc1cc(NC2CCCCC2)ncn1. The summed E-state index contributed by atoms with van der Waals surface area (Å²) in [6.45, 7) is 3.65. The Balaban J connectivity index is 1.87. The molecular formula is C14H25N5. The molecule has 1 heterocycles. The van der Waals surface area contributed by atoms with Gasteiger partial charge in [-0.2, -0.15) is 0 Å². The van der Waals surface area contributed by atoms with Gasteiger partial charge in [0, 0.05) is 18.7 Å². The third-order valence-electron chi connectivity index (χ3n) is 3.66. The van der Waals surface area contributed by atoms with Gasteiger partial charge in [0.2, 0.25) is 0 Å². The lowest BCUT2D eigenvalue weighted by Gasteiger charge is -2.23. The fraction of sp³-hybridized carbons (Fsp3) is 0.714. The molecule has 0 aromatic carbocycles. The standard InChI is InChI=1S/C14H25N5/c1-11(8-15)9-16-13-7-14(18-10-17-13)19-12-5-3-2-4-6-12/h7,10-12H,2-6,8-9,15H2,1H3,(H2,16,17,18,19). The average Bonchev–Trinajstić information content (AvgIpc) is 2.46. The van der Waals surface area contributed by atoms with Crippen LogP contribution in [-0.4, -0.2) is 29.1 Å². The molecule has 106 valence electrons. The van der Waals surface area contributed by atoms with Crippen molar-refractivity contribution < 1.29 is 0 Å². The minimum absolute atomic E-state index is 0.449. The van der Waals surface area contributed by atoms with Crippen LogP contribution in [-0.2, 0) is 0 Å². The Morgan fingerprint density at radius 1 is 1.26 bits per heavy atom. The molecule has 0 saturated heterocycles. The minimum Gasteiger partial charge on any atom is -0.370 e. The van der Waals surface area contributed by atoms with Gasteiger partial charge in [-0.25, -0.2) is 9.97 Å². The van der Waals surface area contributed by atoms with E-state index < -0.39 is 0 Å². The number of hydrogen-bond donors (Lipinski definition) is 3. The fourth-order valence-electron chi connectivity index (χ4n) is 2.35. The van der Waals surface area contributed by atoms with E-state index in [1.807, 2.05) is 6.07 Å². The van der Waals surface area contributed by atoms with Crippen molar-refractivity contribution in [1.82, 2.24) is 9.97 Å². The first kappa shape index (κ1) is 14.1. The maximum absolute atomic E-state index is 5.60. The Labute approximate surface area is 115 Å². The van der Waals surface area contributed by atoms with Crippen molar-refractivity contribution in [2.75, 3.05) is 23.7 Å². The van der Waals surface area contributed by atoms with Crippen molar-refractivity contribution in [2.45, 2.75) is 45.1 Å². The lowest BCUT2D eigenvalue weighted by atomic mass is 9.95. The van der Waals surface area contributed by atoms with Gasteiger partial charge in [-0.15, -0.1) is 0 Å². The Hall–Kier alpha value is -1.36. The van der Waals surface area contributed by atoms with E-state index >= 15 is 0 Å². The number of aromatic nitrogens is 2. The highest BCUT2D eigenvalue weighted by Crippen LogP contribution is 2.21. The molecule has 19 heavy (non-hydrogen) atoms.